The van der Waals surface area contributed by atoms with Gasteiger partial charge in [-0.25, -0.2) is 9.37 Å². The van der Waals surface area contributed by atoms with Gasteiger partial charge < -0.3 is 14.8 Å². The lowest BCUT2D eigenvalue weighted by atomic mass is 10.0. The molecule has 2 aromatic carbocycles. The number of likely N-dealkylation sites (tertiary alicyclic amines) is 1. The van der Waals surface area contributed by atoms with Crippen LogP contribution in [0.15, 0.2) is 42.5 Å². The SMILES string of the molecule is Cc1nc2ccc(C(=O)N3CCCC(N4CCN(c5ccccc5F)CC4)C3)cc2[nH]1. The molecular formula is C24H28FN5O. The molecule has 7 heteroatoms. The molecule has 2 aliphatic heterocycles. The van der Waals surface area contributed by atoms with Crippen LogP contribution in [0, 0.1) is 12.7 Å². The lowest BCUT2D eigenvalue weighted by Gasteiger charge is -2.44. The molecule has 0 saturated carbocycles. The lowest BCUT2D eigenvalue weighted by molar-refractivity contribution is 0.0563. The van der Waals surface area contributed by atoms with E-state index >= 15 is 0 Å². The van der Waals surface area contributed by atoms with Crippen LogP contribution in [0.2, 0.25) is 0 Å². The number of aromatic amines is 1. The number of amides is 1. The number of imidazole rings is 1. The van der Waals surface area contributed by atoms with E-state index in [0.29, 0.717) is 17.3 Å². The van der Waals surface area contributed by atoms with E-state index in [1.54, 1.807) is 6.07 Å². The summed E-state index contributed by atoms with van der Waals surface area (Å²) in [5, 5.41) is 0. The Kier molecular flexibility index (Phi) is 5.36. The normalized spacial score (nSPS) is 20.4. The van der Waals surface area contributed by atoms with Gasteiger partial charge >= 0.3 is 0 Å². The van der Waals surface area contributed by atoms with Gasteiger partial charge in [0.1, 0.15) is 11.6 Å². The van der Waals surface area contributed by atoms with Crippen LogP contribution < -0.4 is 4.90 Å². The summed E-state index contributed by atoms with van der Waals surface area (Å²) in [7, 11) is 0. The minimum Gasteiger partial charge on any atom is -0.367 e. The molecule has 1 N–H and O–H groups in total. The summed E-state index contributed by atoms with van der Waals surface area (Å²) in [5.41, 5.74) is 3.19. The molecule has 2 aliphatic rings. The third kappa shape index (κ3) is 4.02. The molecule has 0 aliphatic carbocycles. The Morgan fingerprint density at radius 2 is 1.90 bits per heavy atom. The monoisotopic (exact) mass is 421 g/mol. The van der Waals surface area contributed by atoms with Crippen molar-refractivity contribution in [1.29, 1.82) is 0 Å². The Morgan fingerprint density at radius 1 is 1.10 bits per heavy atom. The second kappa shape index (κ2) is 8.30. The van der Waals surface area contributed by atoms with Gasteiger partial charge in [0.05, 0.1) is 16.7 Å². The first kappa shape index (κ1) is 20.0. The van der Waals surface area contributed by atoms with Crippen molar-refractivity contribution in [2.75, 3.05) is 44.2 Å². The first-order valence-corrected chi connectivity index (χ1v) is 11.1. The van der Waals surface area contributed by atoms with Crippen LogP contribution in [0.4, 0.5) is 10.1 Å². The number of hydrogen-bond donors (Lipinski definition) is 1. The Balaban J connectivity index is 1.23. The van der Waals surface area contributed by atoms with Crippen molar-refractivity contribution < 1.29 is 9.18 Å². The molecule has 162 valence electrons. The van der Waals surface area contributed by atoms with Crippen LogP contribution in [0.5, 0.6) is 0 Å². The van der Waals surface area contributed by atoms with E-state index in [2.05, 4.69) is 19.8 Å². The molecule has 1 aromatic heterocycles. The predicted molar refractivity (Wildman–Crippen MR) is 120 cm³/mol. The summed E-state index contributed by atoms with van der Waals surface area (Å²) in [5.74, 6) is 0.783. The average Bonchev–Trinajstić information content (AvgIpc) is 3.18. The van der Waals surface area contributed by atoms with E-state index in [9.17, 15) is 9.18 Å². The van der Waals surface area contributed by atoms with Crippen molar-refractivity contribution in [3.63, 3.8) is 0 Å². The van der Waals surface area contributed by atoms with Crippen LogP contribution in [0.1, 0.15) is 29.0 Å². The summed E-state index contributed by atoms with van der Waals surface area (Å²) in [4.78, 5) is 27.4. The number of piperidine rings is 1. The van der Waals surface area contributed by atoms with E-state index in [4.69, 9.17) is 0 Å². The second-order valence-corrected chi connectivity index (χ2v) is 8.58. The van der Waals surface area contributed by atoms with Crippen molar-refractivity contribution in [1.82, 2.24) is 19.8 Å². The molecule has 3 heterocycles. The highest BCUT2D eigenvalue weighted by molar-refractivity contribution is 5.97. The van der Waals surface area contributed by atoms with Crippen molar-refractivity contribution in [2.24, 2.45) is 0 Å². The number of aryl methyl sites for hydroxylation is 1. The van der Waals surface area contributed by atoms with Gasteiger partial charge in [-0.3, -0.25) is 9.69 Å². The summed E-state index contributed by atoms with van der Waals surface area (Å²) in [6, 6.07) is 13.0. The zero-order valence-corrected chi connectivity index (χ0v) is 17.9. The molecule has 1 amide bonds. The fraction of sp³-hybridized carbons (Fsp3) is 0.417. The highest BCUT2D eigenvalue weighted by Crippen LogP contribution is 2.24. The van der Waals surface area contributed by atoms with Crippen LogP contribution in [0.25, 0.3) is 11.0 Å². The number of halogens is 1. The third-order valence-corrected chi connectivity index (χ3v) is 6.55. The van der Waals surface area contributed by atoms with Gasteiger partial charge in [0.2, 0.25) is 0 Å². The number of nitrogens with zero attached hydrogens (tertiary/aromatic N) is 4. The maximum absolute atomic E-state index is 14.1. The molecule has 2 fully saturated rings. The van der Waals surface area contributed by atoms with Crippen molar-refractivity contribution >= 4 is 22.6 Å². The highest BCUT2D eigenvalue weighted by Gasteiger charge is 2.31. The van der Waals surface area contributed by atoms with E-state index in [1.165, 1.54) is 6.07 Å². The number of piperazine rings is 1. The van der Waals surface area contributed by atoms with E-state index in [0.717, 1.165) is 69.0 Å². The zero-order valence-electron chi connectivity index (χ0n) is 17.9. The molecule has 6 nitrogen and oxygen atoms in total. The van der Waals surface area contributed by atoms with Gasteiger partial charge in [-0.15, -0.1) is 0 Å². The molecule has 3 aromatic rings. The Labute approximate surface area is 181 Å². The molecule has 1 atom stereocenters. The van der Waals surface area contributed by atoms with Crippen LogP contribution in [0.3, 0.4) is 0 Å². The van der Waals surface area contributed by atoms with Gasteiger partial charge in [0, 0.05) is 50.9 Å². The molecule has 0 radical (unpaired) electrons. The third-order valence-electron chi connectivity index (χ3n) is 6.55. The zero-order chi connectivity index (χ0) is 21.4. The summed E-state index contributed by atoms with van der Waals surface area (Å²) < 4.78 is 14.1. The van der Waals surface area contributed by atoms with Gasteiger partial charge in [0.25, 0.3) is 5.91 Å². The van der Waals surface area contributed by atoms with Crippen LogP contribution in [-0.4, -0.2) is 71.0 Å². The van der Waals surface area contributed by atoms with Gasteiger partial charge in [-0.2, -0.15) is 0 Å². The maximum Gasteiger partial charge on any atom is 0.253 e. The lowest BCUT2D eigenvalue weighted by Crippen LogP contribution is -2.56. The fourth-order valence-electron chi connectivity index (χ4n) is 4.93. The maximum atomic E-state index is 14.1. The number of anilines is 1. The number of nitrogens with one attached hydrogen (secondary N) is 1. The minimum atomic E-state index is -0.158. The van der Waals surface area contributed by atoms with E-state index in [-0.39, 0.29) is 11.7 Å². The number of aromatic nitrogens is 2. The van der Waals surface area contributed by atoms with Gasteiger partial charge in [-0.1, -0.05) is 12.1 Å². The molecule has 1 unspecified atom stereocenters. The number of para-hydroxylation sites is 1. The van der Waals surface area contributed by atoms with Gasteiger partial charge in [-0.05, 0) is 50.1 Å². The van der Waals surface area contributed by atoms with Crippen LogP contribution >= 0.6 is 0 Å². The van der Waals surface area contributed by atoms with Crippen molar-refractivity contribution in [3.8, 4) is 0 Å². The van der Waals surface area contributed by atoms with E-state index < -0.39 is 0 Å². The minimum absolute atomic E-state index is 0.0869. The number of carbonyl (C=O) groups excluding carboxylic acids is 1. The van der Waals surface area contributed by atoms with Crippen molar-refractivity contribution in [3.05, 3.63) is 59.7 Å². The topological polar surface area (TPSA) is 55.5 Å². The number of carbonyl (C=O) groups is 1. The summed E-state index contributed by atoms with van der Waals surface area (Å²) in [6.07, 6.45) is 2.11. The summed E-state index contributed by atoms with van der Waals surface area (Å²) in [6.45, 7) is 6.86. The van der Waals surface area contributed by atoms with E-state index in [1.807, 2.05) is 42.2 Å². The molecule has 5 rings (SSSR count). The average molecular weight is 422 g/mol. The number of hydrogen-bond acceptors (Lipinski definition) is 4. The van der Waals surface area contributed by atoms with Gasteiger partial charge in [0.15, 0.2) is 0 Å². The Morgan fingerprint density at radius 3 is 2.71 bits per heavy atom. The van der Waals surface area contributed by atoms with Crippen LogP contribution in [-0.2, 0) is 0 Å². The standard InChI is InChI=1S/C24H28FN5O/c1-17-26-21-9-8-18(15-22(21)27-17)24(31)30-10-4-5-19(16-30)28-11-13-29(14-12-28)23-7-3-2-6-20(23)25/h2-3,6-9,15,19H,4-5,10-14,16H2,1H3,(H,26,27). The Bertz CT molecular complexity index is 1090. The quantitative estimate of drug-likeness (QED) is 0.704. The second-order valence-electron chi connectivity index (χ2n) is 8.58. The molecular weight excluding hydrogens is 393 g/mol. The number of H-pyrrole nitrogens is 1. The number of benzene rings is 2. The predicted octanol–water partition coefficient (Wildman–Crippen LogP) is 3.44. The number of fused-ring (bicyclic) bond motifs is 1. The first-order chi connectivity index (χ1) is 15.1. The number of rotatable bonds is 3. The highest BCUT2D eigenvalue weighted by atomic mass is 19.1. The Hall–Kier alpha value is -2.93. The first-order valence-electron chi connectivity index (χ1n) is 11.1. The molecule has 31 heavy (non-hydrogen) atoms. The molecule has 0 spiro atoms. The molecule has 0 bridgehead atoms. The fourth-order valence-corrected chi connectivity index (χ4v) is 4.93. The largest absolute Gasteiger partial charge is 0.367 e. The smallest absolute Gasteiger partial charge is 0.253 e. The van der Waals surface area contributed by atoms with Crippen molar-refractivity contribution in [2.45, 2.75) is 25.8 Å². The summed E-state index contributed by atoms with van der Waals surface area (Å²) >= 11 is 0. The molecule has 2 saturated heterocycles.